The Bertz CT molecular complexity index is 1280. The maximum absolute atomic E-state index is 12.7. The van der Waals surface area contributed by atoms with Crippen LogP contribution in [0.1, 0.15) is 5.56 Å². The minimum atomic E-state index is -2.49. The molecule has 0 unspecified atom stereocenters. The molecule has 2 aliphatic rings. The van der Waals surface area contributed by atoms with Crippen molar-refractivity contribution in [2.45, 2.75) is 13.0 Å². The van der Waals surface area contributed by atoms with Crippen molar-refractivity contribution in [3.63, 3.8) is 0 Å². The summed E-state index contributed by atoms with van der Waals surface area (Å²) < 4.78 is 18.8. The molecule has 1 saturated heterocycles. The monoisotopic (exact) mass is 498 g/mol. The molecule has 8 nitrogen and oxygen atoms in total. The lowest BCUT2D eigenvalue weighted by molar-refractivity contribution is 0.247. The lowest BCUT2D eigenvalue weighted by atomic mass is 10.0. The molecule has 2 aliphatic heterocycles. The van der Waals surface area contributed by atoms with E-state index >= 15 is 0 Å². The van der Waals surface area contributed by atoms with Gasteiger partial charge in [-0.1, -0.05) is 23.7 Å². The molecule has 5 rings (SSSR count). The van der Waals surface area contributed by atoms with Crippen molar-refractivity contribution in [1.82, 2.24) is 15.3 Å². The van der Waals surface area contributed by atoms with Crippen molar-refractivity contribution in [2.75, 3.05) is 55.1 Å². The SMILES string of the molecule is Cc1cc(Nc2ncc(Cl)c(Nc3ccccc3P(C)(C)=O)n2)cc2c1N1CCNC[C@H]1CO2. The zero-order valence-electron chi connectivity index (χ0n) is 19.4. The molecule has 34 heavy (non-hydrogen) atoms. The van der Waals surface area contributed by atoms with Gasteiger partial charge in [0.1, 0.15) is 24.5 Å². The Morgan fingerprint density at radius 2 is 2.06 bits per heavy atom. The third kappa shape index (κ3) is 4.58. The summed E-state index contributed by atoms with van der Waals surface area (Å²) in [6, 6.07) is 11.9. The van der Waals surface area contributed by atoms with Gasteiger partial charge in [0.2, 0.25) is 5.95 Å². The summed E-state index contributed by atoms with van der Waals surface area (Å²) in [5, 5.41) is 11.1. The predicted octanol–water partition coefficient (Wildman–Crippen LogP) is 4.34. The summed E-state index contributed by atoms with van der Waals surface area (Å²) in [6.07, 6.45) is 1.55. The number of aromatic nitrogens is 2. The summed E-state index contributed by atoms with van der Waals surface area (Å²) in [5.41, 5.74) is 3.84. The number of nitrogens with one attached hydrogen (secondary N) is 3. The number of rotatable bonds is 5. The number of hydrogen-bond donors (Lipinski definition) is 3. The summed E-state index contributed by atoms with van der Waals surface area (Å²) in [4.78, 5) is 11.4. The number of nitrogens with zero attached hydrogens (tertiary/aromatic N) is 3. The Morgan fingerprint density at radius 3 is 2.88 bits per heavy atom. The standard InChI is InChI=1S/C24H28ClN6O2P/c1-15-10-16(11-20-22(15)31-9-8-26-12-17(31)14-33-20)28-24-27-13-18(25)23(30-24)29-19-6-4-5-7-21(19)34(2,3)32/h4-7,10-11,13,17,26H,8-9,12,14H2,1-3H3,(H2,27,28,29,30)/t17-/m0/s1. The first-order valence-electron chi connectivity index (χ1n) is 11.3. The molecule has 0 radical (unpaired) electrons. The second-order valence-electron chi connectivity index (χ2n) is 9.01. The largest absolute Gasteiger partial charge is 0.489 e. The number of benzene rings is 2. The van der Waals surface area contributed by atoms with Gasteiger partial charge in [0.15, 0.2) is 5.82 Å². The second-order valence-corrected chi connectivity index (χ2v) is 12.6. The smallest absolute Gasteiger partial charge is 0.229 e. The Hall–Kier alpha value is -2.80. The molecule has 1 fully saturated rings. The summed E-state index contributed by atoms with van der Waals surface area (Å²) in [7, 11) is -2.49. The summed E-state index contributed by atoms with van der Waals surface area (Å²) >= 11 is 6.39. The van der Waals surface area contributed by atoms with Crippen LogP contribution in [0.25, 0.3) is 0 Å². The normalized spacial score (nSPS) is 17.4. The highest BCUT2D eigenvalue weighted by atomic mass is 35.5. The molecule has 10 heteroatoms. The molecular formula is C24H28ClN6O2P. The van der Waals surface area contributed by atoms with Crippen LogP contribution >= 0.6 is 18.7 Å². The van der Waals surface area contributed by atoms with Crippen molar-refractivity contribution in [3.8, 4) is 5.75 Å². The van der Waals surface area contributed by atoms with Crippen LogP contribution in [0.15, 0.2) is 42.6 Å². The molecule has 0 aliphatic carbocycles. The Morgan fingerprint density at radius 1 is 1.24 bits per heavy atom. The number of aryl methyl sites for hydroxylation is 1. The zero-order chi connectivity index (χ0) is 23.9. The Labute approximate surface area is 204 Å². The molecule has 178 valence electrons. The maximum atomic E-state index is 12.7. The summed E-state index contributed by atoms with van der Waals surface area (Å²) in [6.45, 7) is 9.11. The van der Waals surface area contributed by atoms with Crippen molar-refractivity contribution >= 4 is 52.9 Å². The fraction of sp³-hybridized carbons (Fsp3) is 0.333. The highest BCUT2D eigenvalue weighted by Crippen LogP contribution is 2.41. The van der Waals surface area contributed by atoms with E-state index in [1.165, 1.54) is 0 Å². The van der Waals surface area contributed by atoms with E-state index in [-0.39, 0.29) is 0 Å². The van der Waals surface area contributed by atoms with Gasteiger partial charge in [-0.25, -0.2) is 4.98 Å². The number of para-hydroxylation sites is 1. The van der Waals surface area contributed by atoms with Gasteiger partial charge in [0.05, 0.1) is 23.6 Å². The van der Waals surface area contributed by atoms with Crippen LogP contribution in [-0.4, -0.2) is 55.6 Å². The first-order valence-corrected chi connectivity index (χ1v) is 14.2. The van der Waals surface area contributed by atoms with Crippen LogP contribution in [0.5, 0.6) is 5.75 Å². The van der Waals surface area contributed by atoms with Crippen LogP contribution in [0.4, 0.5) is 28.8 Å². The number of piperazine rings is 1. The van der Waals surface area contributed by atoms with Gasteiger partial charge in [0.25, 0.3) is 0 Å². The summed E-state index contributed by atoms with van der Waals surface area (Å²) in [5.74, 6) is 1.70. The lowest BCUT2D eigenvalue weighted by Crippen LogP contribution is -2.56. The number of ether oxygens (including phenoxy) is 1. The first-order chi connectivity index (χ1) is 16.3. The molecule has 0 bridgehead atoms. The molecule has 0 saturated carbocycles. The van der Waals surface area contributed by atoms with Gasteiger partial charge < -0.3 is 30.2 Å². The minimum absolute atomic E-state index is 0.358. The fourth-order valence-electron chi connectivity index (χ4n) is 4.51. The van der Waals surface area contributed by atoms with E-state index in [0.717, 1.165) is 47.6 Å². The van der Waals surface area contributed by atoms with Gasteiger partial charge in [-0.3, -0.25) is 0 Å². The van der Waals surface area contributed by atoms with Crippen LogP contribution in [0, 0.1) is 6.92 Å². The van der Waals surface area contributed by atoms with Crippen molar-refractivity contribution in [2.24, 2.45) is 0 Å². The second kappa shape index (κ2) is 9.10. The number of anilines is 5. The quantitative estimate of drug-likeness (QED) is 0.447. The average molecular weight is 499 g/mol. The van der Waals surface area contributed by atoms with E-state index in [2.05, 4.69) is 43.8 Å². The first kappa shape index (κ1) is 23.0. The molecule has 0 spiro atoms. The van der Waals surface area contributed by atoms with Gasteiger partial charge in [-0.15, -0.1) is 0 Å². The molecule has 2 aromatic carbocycles. The number of halogens is 1. The van der Waals surface area contributed by atoms with Gasteiger partial charge in [0, 0.05) is 36.7 Å². The van der Waals surface area contributed by atoms with Gasteiger partial charge in [-0.05, 0) is 44.0 Å². The molecule has 0 amide bonds. The topological polar surface area (TPSA) is 91.4 Å². The molecule has 3 aromatic rings. The van der Waals surface area contributed by atoms with Gasteiger partial charge >= 0.3 is 0 Å². The van der Waals surface area contributed by atoms with Crippen LogP contribution in [-0.2, 0) is 4.57 Å². The molecule has 1 atom stereocenters. The maximum Gasteiger partial charge on any atom is 0.229 e. The van der Waals surface area contributed by atoms with Crippen molar-refractivity contribution in [3.05, 3.63) is 53.2 Å². The van der Waals surface area contributed by atoms with Gasteiger partial charge in [-0.2, -0.15) is 4.98 Å². The van der Waals surface area contributed by atoms with E-state index in [1.807, 2.05) is 30.3 Å². The Balaban J connectivity index is 1.41. The van der Waals surface area contributed by atoms with E-state index in [0.29, 0.717) is 35.1 Å². The van der Waals surface area contributed by atoms with E-state index in [4.69, 9.17) is 16.3 Å². The van der Waals surface area contributed by atoms with Crippen molar-refractivity contribution < 1.29 is 9.30 Å². The number of fused-ring (bicyclic) bond motifs is 3. The van der Waals surface area contributed by atoms with Crippen LogP contribution in [0.2, 0.25) is 5.02 Å². The highest BCUT2D eigenvalue weighted by molar-refractivity contribution is 7.70. The van der Waals surface area contributed by atoms with E-state index in [1.54, 1.807) is 19.5 Å². The average Bonchev–Trinajstić information content (AvgIpc) is 2.80. The Kier molecular flexibility index (Phi) is 6.15. The molecular weight excluding hydrogens is 471 g/mol. The molecule has 3 heterocycles. The zero-order valence-corrected chi connectivity index (χ0v) is 21.1. The fourth-order valence-corrected chi connectivity index (χ4v) is 5.80. The van der Waals surface area contributed by atoms with Crippen molar-refractivity contribution in [1.29, 1.82) is 0 Å². The third-order valence-corrected chi connectivity index (χ3v) is 7.90. The molecule has 1 aromatic heterocycles. The lowest BCUT2D eigenvalue weighted by Gasteiger charge is -2.42. The third-order valence-electron chi connectivity index (χ3n) is 6.07. The van der Waals surface area contributed by atoms with E-state index < -0.39 is 7.14 Å². The van der Waals surface area contributed by atoms with Crippen LogP contribution in [0.3, 0.4) is 0 Å². The van der Waals surface area contributed by atoms with E-state index in [9.17, 15) is 4.57 Å². The highest BCUT2D eigenvalue weighted by Gasteiger charge is 2.31. The minimum Gasteiger partial charge on any atom is -0.489 e. The van der Waals surface area contributed by atoms with Crippen LogP contribution < -0.4 is 30.9 Å². The molecule has 3 N–H and O–H groups in total. The predicted molar refractivity (Wildman–Crippen MR) is 140 cm³/mol. The number of hydrogen-bond acceptors (Lipinski definition) is 8.